The zero-order valence-electron chi connectivity index (χ0n) is 17.9. The van der Waals surface area contributed by atoms with E-state index in [2.05, 4.69) is 43.9 Å². The Morgan fingerprint density at radius 3 is 2.62 bits per heavy atom. The van der Waals surface area contributed by atoms with Gasteiger partial charge >= 0.3 is 0 Å². The topological polar surface area (TPSA) is 56.3 Å². The van der Waals surface area contributed by atoms with Gasteiger partial charge in [-0.1, -0.05) is 42.1 Å². The van der Waals surface area contributed by atoms with Crippen molar-refractivity contribution in [2.75, 3.05) is 25.4 Å². The summed E-state index contributed by atoms with van der Waals surface area (Å²) in [6, 6.07) is 18.3. The maximum Gasteiger partial charge on any atom is 0.191 e. The molecule has 8 heteroatoms. The smallest absolute Gasteiger partial charge is 0.191 e. The van der Waals surface area contributed by atoms with E-state index in [1.807, 2.05) is 30.3 Å². The van der Waals surface area contributed by atoms with Crippen molar-refractivity contribution in [2.24, 2.45) is 0 Å². The first kappa shape index (κ1) is 22.7. The molecule has 1 aliphatic rings. The van der Waals surface area contributed by atoms with Gasteiger partial charge in [-0.3, -0.25) is 4.57 Å². The second-order valence-corrected chi connectivity index (χ2v) is 8.82. The average Bonchev–Trinajstić information content (AvgIpc) is 3.57. The molecule has 0 aliphatic carbocycles. The average molecular weight is 471 g/mol. The molecule has 168 valence electrons. The van der Waals surface area contributed by atoms with Gasteiger partial charge in [0.05, 0.1) is 12.8 Å². The lowest BCUT2D eigenvalue weighted by molar-refractivity contribution is 0.288. The third-order valence-electron chi connectivity index (χ3n) is 5.61. The summed E-state index contributed by atoms with van der Waals surface area (Å²) in [5, 5.41) is 12.2. The van der Waals surface area contributed by atoms with Gasteiger partial charge in [0.25, 0.3) is 0 Å². The highest BCUT2D eigenvalue weighted by Gasteiger charge is 2.16. The summed E-state index contributed by atoms with van der Waals surface area (Å²) in [5.74, 6) is 3.51. The molecular formula is C24H27ClN4O2S. The van der Waals surface area contributed by atoms with Crippen LogP contribution in [0.15, 0.2) is 70.4 Å². The van der Waals surface area contributed by atoms with Crippen LogP contribution in [0.1, 0.15) is 24.4 Å². The maximum atomic E-state index is 6.09. The van der Waals surface area contributed by atoms with Crippen molar-refractivity contribution in [1.82, 2.24) is 19.7 Å². The first-order chi connectivity index (χ1) is 15.3. The molecule has 5 rings (SSSR count). The van der Waals surface area contributed by atoms with E-state index >= 15 is 0 Å². The number of nitrogens with zero attached hydrogens (tertiary/aromatic N) is 4. The number of benzene rings is 2. The van der Waals surface area contributed by atoms with Crippen molar-refractivity contribution in [1.29, 1.82) is 0 Å². The Morgan fingerprint density at radius 1 is 0.969 bits per heavy atom. The monoisotopic (exact) mass is 470 g/mol. The van der Waals surface area contributed by atoms with Crippen LogP contribution in [0.4, 0.5) is 0 Å². The molecule has 0 bridgehead atoms. The predicted molar refractivity (Wildman–Crippen MR) is 130 cm³/mol. The van der Waals surface area contributed by atoms with E-state index in [4.69, 9.17) is 9.15 Å². The van der Waals surface area contributed by atoms with Crippen LogP contribution in [0.2, 0.25) is 0 Å². The molecule has 0 unspecified atom stereocenters. The van der Waals surface area contributed by atoms with Gasteiger partial charge in [0.2, 0.25) is 0 Å². The molecule has 0 radical (unpaired) electrons. The molecule has 0 atom stereocenters. The van der Waals surface area contributed by atoms with Crippen LogP contribution in [0.3, 0.4) is 0 Å². The van der Waals surface area contributed by atoms with Crippen LogP contribution in [0.25, 0.3) is 10.8 Å². The van der Waals surface area contributed by atoms with Gasteiger partial charge in [-0.05, 0) is 61.0 Å². The quantitative estimate of drug-likeness (QED) is 0.311. The zero-order chi connectivity index (χ0) is 20.9. The number of likely N-dealkylation sites (tertiary alicyclic amines) is 1. The lowest BCUT2D eigenvalue weighted by Crippen LogP contribution is -2.22. The second-order valence-electron chi connectivity index (χ2n) is 7.76. The van der Waals surface area contributed by atoms with Crippen LogP contribution < -0.4 is 4.74 Å². The number of halogens is 1. The maximum absolute atomic E-state index is 6.09. The number of ether oxygens (including phenoxy) is 1. The Labute approximate surface area is 198 Å². The standard InChI is InChI=1S/C24H26N4O2S.ClH/c1-2-7-20-16-21(10-9-19(20)6-1)30-18-23-25-26-24(28(23)17-22-8-5-14-29-22)31-15-13-27-11-3-4-12-27;/h1-2,5-10,14,16H,3-4,11-13,15,17-18H2;1H. The SMILES string of the molecule is Cl.c1coc(Cn2c(COc3ccc4ccccc4c3)nnc2SCCN2CCCC2)c1. The molecule has 0 spiro atoms. The minimum Gasteiger partial charge on any atom is -0.486 e. The van der Waals surface area contributed by atoms with Crippen molar-refractivity contribution in [3.63, 3.8) is 0 Å². The fourth-order valence-electron chi connectivity index (χ4n) is 3.93. The number of furan rings is 1. The molecule has 0 N–H and O–H groups in total. The van der Waals surface area contributed by atoms with Crippen LogP contribution in [-0.4, -0.2) is 45.1 Å². The normalized spacial score (nSPS) is 14.0. The largest absolute Gasteiger partial charge is 0.486 e. The van der Waals surface area contributed by atoms with Crippen molar-refractivity contribution >= 4 is 34.9 Å². The van der Waals surface area contributed by atoms with Gasteiger partial charge in [0.1, 0.15) is 18.1 Å². The molecule has 2 aromatic carbocycles. The Hall–Kier alpha value is -2.48. The van der Waals surface area contributed by atoms with Gasteiger partial charge < -0.3 is 14.1 Å². The summed E-state index contributed by atoms with van der Waals surface area (Å²) in [6.07, 6.45) is 4.33. The van der Waals surface area contributed by atoms with Crippen molar-refractivity contribution in [3.8, 4) is 5.75 Å². The molecule has 3 heterocycles. The first-order valence-electron chi connectivity index (χ1n) is 10.8. The Balaban J connectivity index is 0.00000245. The van der Waals surface area contributed by atoms with Gasteiger partial charge in [0, 0.05) is 12.3 Å². The second kappa shape index (κ2) is 10.9. The molecule has 1 saturated heterocycles. The highest BCUT2D eigenvalue weighted by Crippen LogP contribution is 2.23. The van der Waals surface area contributed by atoms with E-state index in [0.29, 0.717) is 13.2 Å². The minimum atomic E-state index is 0. The number of fused-ring (bicyclic) bond motifs is 1. The molecule has 2 aromatic heterocycles. The van der Waals surface area contributed by atoms with E-state index in [0.717, 1.165) is 40.2 Å². The molecular weight excluding hydrogens is 444 g/mol. The summed E-state index contributed by atoms with van der Waals surface area (Å²) in [6.45, 7) is 4.47. The summed E-state index contributed by atoms with van der Waals surface area (Å²) < 4.78 is 13.8. The van der Waals surface area contributed by atoms with Gasteiger partial charge in [-0.15, -0.1) is 22.6 Å². The number of rotatable bonds is 9. The summed E-state index contributed by atoms with van der Waals surface area (Å²) in [4.78, 5) is 2.52. The van der Waals surface area contributed by atoms with E-state index in [1.54, 1.807) is 18.0 Å². The number of hydrogen-bond acceptors (Lipinski definition) is 6. The molecule has 32 heavy (non-hydrogen) atoms. The molecule has 6 nitrogen and oxygen atoms in total. The Morgan fingerprint density at radius 2 is 1.81 bits per heavy atom. The van der Waals surface area contributed by atoms with Gasteiger partial charge in [-0.2, -0.15) is 0 Å². The van der Waals surface area contributed by atoms with Crippen LogP contribution in [0.5, 0.6) is 5.75 Å². The third kappa shape index (κ3) is 5.46. The van der Waals surface area contributed by atoms with E-state index in [-0.39, 0.29) is 12.4 Å². The lowest BCUT2D eigenvalue weighted by Gasteiger charge is -2.14. The number of aromatic nitrogens is 3. The number of hydrogen-bond donors (Lipinski definition) is 0. The third-order valence-corrected chi connectivity index (χ3v) is 6.56. The predicted octanol–water partition coefficient (Wildman–Crippen LogP) is 5.26. The van der Waals surface area contributed by atoms with E-state index in [1.165, 1.54) is 31.3 Å². The first-order valence-corrected chi connectivity index (χ1v) is 11.7. The summed E-state index contributed by atoms with van der Waals surface area (Å²) >= 11 is 1.75. The van der Waals surface area contributed by atoms with Gasteiger partial charge in [0.15, 0.2) is 11.0 Å². The Bertz CT molecular complexity index is 1130. The molecule has 4 aromatic rings. The van der Waals surface area contributed by atoms with Crippen molar-refractivity contribution < 1.29 is 9.15 Å². The van der Waals surface area contributed by atoms with Crippen LogP contribution in [0, 0.1) is 0 Å². The zero-order valence-corrected chi connectivity index (χ0v) is 19.5. The fraction of sp³-hybridized carbons (Fsp3) is 0.333. The van der Waals surface area contributed by atoms with Gasteiger partial charge in [-0.25, -0.2) is 0 Å². The van der Waals surface area contributed by atoms with Crippen molar-refractivity contribution in [3.05, 3.63) is 72.4 Å². The highest BCUT2D eigenvalue weighted by molar-refractivity contribution is 7.99. The minimum absolute atomic E-state index is 0. The fourth-order valence-corrected chi connectivity index (χ4v) is 4.88. The van der Waals surface area contributed by atoms with E-state index < -0.39 is 0 Å². The molecule has 1 aliphatic heterocycles. The summed E-state index contributed by atoms with van der Waals surface area (Å²) in [5.41, 5.74) is 0. The summed E-state index contributed by atoms with van der Waals surface area (Å²) in [7, 11) is 0. The molecule has 0 amide bonds. The Kier molecular flexibility index (Phi) is 7.73. The van der Waals surface area contributed by atoms with Crippen LogP contribution >= 0.6 is 24.2 Å². The van der Waals surface area contributed by atoms with E-state index in [9.17, 15) is 0 Å². The molecule has 0 saturated carbocycles. The molecule has 1 fully saturated rings. The van der Waals surface area contributed by atoms with Crippen LogP contribution in [-0.2, 0) is 13.2 Å². The number of thioether (sulfide) groups is 1. The highest BCUT2D eigenvalue weighted by atomic mass is 35.5. The lowest BCUT2D eigenvalue weighted by atomic mass is 10.1. The van der Waals surface area contributed by atoms with Crippen molar-refractivity contribution in [2.45, 2.75) is 31.1 Å².